The van der Waals surface area contributed by atoms with E-state index in [1.165, 1.54) is 0 Å². The minimum Gasteiger partial charge on any atom is -0.491 e. The molecule has 0 saturated heterocycles. The Hall–Kier alpha value is -3.17. The summed E-state index contributed by atoms with van der Waals surface area (Å²) in [5.74, 6) is 0.789. The first-order chi connectivity index (χ1) is 16.5. The van der Waals surface area contributed by atoms with Crippen molar-refractivity contribution in [3.63, 3.8) is 0 Å². The van der Waals surface area contributed by atoms with Crippen molar-refractivity contribution in [3.8, 4) is 5.75 Å². The number of rotatable bonds is 8. The van der Waals surface area contributed by atoms with Gasteiger partial charge in [0, 0.05) is 23.5 Å². The second-order valence-electron chi connectivity index (χ2n) is 8.16. The van der Waals surface area contributed by atoms with Crippen molar-refractivity contribution in [2.24, 2.45) is 0 Å². The molecule has 0 fully saturated rings. The number of hydrogen-bond donors (Lipinski definition) is 1. The normalized spacial score (nSPS) is 14.4. The van der Waals surface area contributed by atoms with Gasteiger partial charge in [0.05, 0.1) is 27.8 Å². The molecule has 34 heavy (non-hydrogen) atoms. The number of ether oxygens (including phenoxy) is 1. The monoisotopic (exact) mass is 497 g/mol. The highest BCUT2D eigenvalue weighted by Gasteiger charge is 2.21. The van der Waals surface area contributed by atoms with Crippen molar-refractivity contribution in [1.82, 2.24) is 24.7 Å². The van der Waals surface area contributed by atoms with Crippen LogP contribution in [0.2, 0.25) is 5.02 Å². The van der Waals surface area contributed by atoms with E-state index in [0.29, 0.717) is 34.4 Å². The standard InChI is InChI=1S/C24H24ClN5O3S/c1-2-34(31,32)18-6-3-5-16(11-18)19-7-8-21(33-10-4-9-30-14-27-28-15-30)23-22(19)20-12-17(25)13-26-24(20)29-23/h6-8,11-15H,2-5,9-10H2,1H3,(H,26,29). The average molecular weight is 498 g/mol. The molecule has 5 rings (SSSR count). The van der Waals surface area contributed by atoms with E-state index in [1.807, 2.05) is 22.8 Å². The van der Waals surface area contributed by atoms with Gasteiger partial charge < -0.3 is 14.3 Å². The molecule has 0 amide bonds. The summed E-state index contributed by atoms with van der Waals surface area (Å²) >= 11 is 6.28. The molecular formula is C24H24ClN5O3S. The highest BCUT2D eigenvalue weighted by Crippen LogP contribution is 2.40. The molecule has 1 N–H and O–H groups in total. The Morgan fingerprint density at radius 1 is 1.24 bits per heavy atom. The second-order valence-corrected chi connectivity index (χ2v) is 10.9. The van der Waals surface area contributed by atoms with E-state index in [-0.39, 0.29) is 5.75 Å². The molecule has 0 aliphatic heterocycles. The Morgan fingerprint density at radius 3 is 2.85 bits per heavy atom. The number of nitrogens with zero attached hydrogens (tertiary/aromatic N) is 4. The molecule has 3 heterocycles. The quantitative estimate of drug-likeness (QED) is 0.346. The first-order valence-corrected chi connectivity index (χ1v) is 13.2. The molecule has 4 aromatic rings. The molecule has 3 aromatic heterocycles. The Bertz CT molecular complexity index is 1520. The lowest BCUT2D eigenvalue weighted by atomic mass is 9.93. The van der Waals surface area contributed by atoms with Gasteiger partial charge in [-0.15, -0.1) is 10.2 Å². The highest BCUT2D eigenvalue weighted by atomic mass is 35.5. The molecular weight excluding hydrogens is 474 g/mol. The van der Waals surface area contributed by atoms with E-state index >= 15 is 0 Å². The molecule has 0 radical (unpaired) electrons. The third-order valence-electron chi connectivity index (χ3n) is 5.98. The van der Waals surface area contributed by atoms with Gasteiger partial charge in [0.25, 0.3) is 0 Å². The average Bonchev–Trinajstić information content (AvgIpc) is 3.50. The molecule has 8 nitrogen and oxygen atoms in total. The molecule has 10 heteroatoms. The summed E-state index contributed by atoms with van der Waals surface area (Å²) in [6, 6.07) is 5.81. The first-order valence-electron chi connectivity index (χ1n) is 11.2. The zero-order valence-electron chi connectivity index (χ0n) is 18.7. The molecule has 1 aliphatic carbocycles. The van der Waals surface area contributed by atoms with Crippen LogP contribution < -0.4 is 4.74 Å². The van der Waals surface area contributed by atoms with Crippen molar-refractivity contribution in [2.75, 3.05) is 12.4 Å². The number of hydrogen-bond acceptors (Lipinski definition) is 6. The number of aromatic nitrogens is 5. The van der Waals surface area contributed by atoms with E-state index in [1.54, 1.807) is 37.9 Å². The van der Waals surface area contributed by atoms with Crippen LogP contribution in [0, 0.1) is 0 Å². The largest absolute Gasteiger partial charge is 0.491 e. The molecule has 0 bridgehead atoms. The van der Waals surface area contributed by atoms with E-state index in [0.717, 1.165) is 46.8 Å². The van der Waals surface area contributed by atoms with Crippen LogP contribution in [-0.4, -0.2) is 45.5 Å². The molecule has 0 saturated carbocycles. The van der Waals surface area contributed by atoms with Gasteiger partial charge in [-0.1, -0.05) is 30.7 Å². The predicted molar refractivity (Wildman–Crippen MR) is 133 cm³/mol. The smallest absolute Gasteiger partial charge is 0.177 e. The maximum Gasteiger partial charge on any atom is 0.177 e. The Labute approximate surface area is 202 Å². The van der Waals surface area contributed by atoms with Crippen molar-refractivity contribution in [3.05, 3.63) is 64.7 Å². The minimum absolute atomic E-state index is 0.0759. The Kier molecular flexibility index (Phi) is 6.14. The third-order valence-corrected chi connectivity index (χ3v) is 7.95. The number of fused-ring (bicyclic) bond motifs is 3. The van der Waals surface area contributed by atoms with Gasteiger partial charge in [0.1, 0.15) is 24.1 Å². The maximum absolute atomic E-state index is 12.5. The maximum atomic E-state index is 12.5. The number of aryl methyl sites for hydroxylation is 1. The Morgan fingerprint density at radius 2 is 2.06 bits per heavy atom. The summed E-state index contributed by atoms with van der Waals surface area (Å²) in [6.45, 7) is 2.94. The van der Waals surface area contributed by atoms with Crippen LogP contribution in [0.4, 0.5) is 0 Å². The number of sulfone groups is 1. The summed E-state index contributed by atoms with van der Waals surface area (Å²) in [5, 5.41) is 9.97. The fourth-order valence-corrected chi connectivity index (χ4v) is 5.44. The number of H-pyrrole nitrogens is 1. The Balaban J connectivity index is 1.55. The molecule has 0 unspecified atom stereocenters. The lowest BCUT2D eigenvalue weighted by Gasteiger charge is -2.16. The fourth-order valence-electron chi connectivity index (χ4n) is 4.26. The van der Waals surface area contributed by atoms with Crippen LogP contribution in [0.25, 0.3) is 27.5 Å². The topological polar surface area (TPSA) is 103 Å². The zero-order chi connectivity index (χ0) is 23.7. The third kappa shape index (κ3) is 4.33. The fraction of sp³-hybridized carbons (Fsp3) is 0.292. The van der Waals surface area contributed by atoms with Crippen molar-refractivity contribution in [1.29, 1.82) is 0 Å². The van der Waals surface area contributed by atoms with Gasteiger partial charge in [-0.05, 0) is 48.6 Å². The van der Waals surface area contributed by atoms with E-state index in [4.69, 9.17) is 16.3 Å². The zero-order valence-corrected chi connectivity index (χ0v) is 20.2. The van der Waals surface area contributed by atoms with Crippen LogP contribution in [0.5, 0.6) is 5.75 Å². The minimum atomic E-state index is -3.29. The van der Waals surface area contributed by atoms with Crippen molar-refractivity contribution >= 4 is 48.9 Å². The van der Waals surface area contributed by atoms with E-state index < -0.39 is 9.84 Å². The van der Waals surface area contributed by atoms with E-state index in [2.05, 4.69) is 20.2 Å². The van der Waals surface area contributed by atoms with Gasteiger partial charge in [-0.3, -0.25) is 0 Å². The number of halogens is 1. The summed E-state index contributed by atoms with van der Waals surface area (Å²) in [4.78, 5) is 8.22. The molecule has 1 aromatic carbocycles. The van der Waals surface area contributed by atoms with Gasteiger partial charge in [-0.2, -0.15) is 0 Å². The van der Waals surface area contributed by atoms with Gasteiger partial charge in [-0.25, -0.2) is 13.4 Å². The SMILES string of the molecule is CCS(=O)(=O)C1=CCCC(c2ccc(OCCCn3cnnc3)c3[nH]c4ncc(Cl)cc4c23)=C1. The highest BCUT2D eigenvalue weighted by molar-refractivity contribution is 7.95. The van der Waals surface area contributed by atoms with Gasteiger partial charge >= 0.3 is 0 Å². The van der Waals surface area contributed by atoms with Crippen LogP contribution >= 0.6 is 11.6 Å². The molecule has 1 aliphatic rings. The van der Waals surface area contributed by atoms with Crippen molar-refractivity contribution in [2.45, 2.75) is 32.7 Å². The summed E-state index contributed by atoms with van der Waals surface area (Å²) < 4.78 is 33.1. The summed E-state index contributed by atoms with van der Waals surface area (Å²) in [6.07, 6.45) is 10.8. The molecule has 0 spiro atoms. The molecule has 176 valence electrons. The number of allylic oxidation sites excluding steroid dienone is 3. The predicted octanol–water partition coefficient (Wildman–Crippen LogP) is 4.93. The second kappa shape index (κ2) is 9.23. The van der Waals surface area contributed by atoms with Crippen LogP contribution in [0.15, 0.2) is 54.1 Å². The number of benzene rings is 1. The lowest BCUT2D eigenvalue weighted by molar-refractivity contribution is 0.304. The number of nitrogens with one attached hydrogen (secondary N) is 1. The van der Waals surface area contributed by atoms with Crippen LogP contribution in [-0.2, 0) is 16.4 Å². The first kappa shape index (κ1) is 22.6. The number of pyridine rings is 1. The van der Waals surface area contributed by atoms with Crippen LogP contribution in [0.1, 0.15) is 31.7 Å². The van der Waals surface area contributed by atoms with Gasteiger partial charge in [0.15, 0.2) is 9.84 Å². The van der Waals surface area contributed by atoms with Crippen LogP contribution in [0.3, 0.4) is 0 Å². The summed E-state index contributed by atoms with van der Waals surface area (Å²) in [5.41, 5.74) is 3.45. The summed E-state index contributed by atoms with van der Waals surface area (Å²) in [7, 11) is -3.29. The van der Waals surface area contributed by atoms with Gasteiger partial charge in [0.2, 0.25) is 0 Å². The van der Waals surface area contributed by atoms with Crippen molar-refractivity contribution < 1.29 is 13.2 Å². The van der Waals surface area contributed by atoms with E-state index in [9.17, 15) is 8.42 Å². The molecule has 0 atom stereocenters. The number of aromatic amines is 1. The lowest BCUT2D eigenvalue weighted by Crippen LogP contribution is -2.08.